The average molecular weight is 348 g/mol. The van der Waals surface area contributed by atoms with Crippen molar-refractivity contribution in [1.29, 1.82) is 0 Å². The summed E-state index contributed by atoms with van der Waals surface area (Å²) >= 11 is 0. The molecule has 2 aromatic carbocycles. The van der Waals surface area contributed by atoms with Crippen LogP contribution >= 0.6 is 0 Å². The number of anilines is 1. The van der Waals surface area contributed by atoms with Gasteiger partial charge in [0.05, 0.1) is 0 Å². The summed E-state index contributed by atoms with van der Waals surface area (Å²) in [5, 5.41) is 0. The smallest absolute Gasteiger partial charge is 0.258 e. The van der Waals surface area contributed by atoms with Gasteiger partial charge in [0, 0.05) is 36.4 Å². The number of para-hydroxylation sites is 1. The molecule has 0 spiro atoms. The van der Waals surface area contributed by atoms with Gasteiger partial charge in [0.15, 0.2) is 0 Å². The lowest BCUT2D eigenvalue weighted by molar-refractivity contribution is 0.0697. The van der Waals surface area contributed by atoms with Gasteiger partial charge in [-0.25, -0.2) is 0 Å². The normalized spacial score (nSPS) is 17.3. The van der Waals surface area contributed by atoms with Gasteiger partial charge in [-0.1, -0.05) is 25.1 Å². The van der Waals surface area contributed by atoms with E-state index in [4.69, 9.17) is 0 Å². The Morgan fingerprint density at radius 3 is 2.15 bits per heavy atom. The number of benzene rings is 2. The minimum absolute atomic E-state index is 0.000691. The van der Waals surface area contributed by atoms with Gasteiger partial charge in [0.2, 0.25) is 0 Å². The van der Waals surface area contributed by atoms with Crippen molar-refractivity contribution in [1.82, 2.24) is 4.90 Å². The number of piperidine rings is 1. The van der Waals surface area contributed by atoms with Crippen molar-refractivity contribution in [2.75, 3.05) is 24.5 Å². The third-order valence-electron chi connectivity index (χ3n) is 5.58. The van der Waals surface area contributed by atoms with Gasteiger partial charge in [-0.3, -0.25) is 9.59 Å². The number of fused-ring (bicyclic) bond motifs is 1. The van der Waals surface area contributed by atoms with Gasteiger partial charge in [0.25, 0.3) is 11.8 Å². The summed E-state index contributed by atoms with van der Waals surface area (Å²) in [6.45, 7) is 4.60. The highest BCUT2D eigenvalue weighted by molar-refractivity contribution is 6.07. The fourth-order valence-corrected chi connectivity index (χ4v) is 3.85. The first-order chi connectivity index (χ1) is 12.6. The zero-order valence-corrected chi connectivity index (χ0v) is 15.1. The number of rotatable bonds is 2. The lowest BCUT2D eigenvalue weighted by atomic mass is 9.98. The van der Waals surface area contributed by atoms with Crippen LogP contribution in [0.25, 0.3) is 0 Å². The molecule has 1 fully saturated rings. The van der Waals surface area contributed by atoms with E-state index in [1.54, 1.807) is 24.3 Å². The van der Waals surface area contributed by atoms with E-state index in [0.717, 1.165) is 38.0 Å². The molecule has 1 saturated heterocycles. The largest absolute Gasteiger partial charge is 0.339 e. The van der Waals surface area contributed by atoms with Crippen LogP contribution in [0.4, 0.5) is 5.69 Å². The molecule has 134 valence electrons. The van der Waals surface area contributed by atoms with E-state index in [0.29, 0.717) is 23.6 Å². The topological polar surface area (TPSA) is 40.6 Å². The summed E-state index contributed by atoms with van der Waals surface area (Å²) in [6.07, 6.45) is 3.03. The van der Waals surface area contributed by atoms with Crippen LogP contribution in [-0.2, 0) is 6.42 Å². The molecule has 0 radical (unpaired) electrons. The van der Waals surface area contributed by atoms with Gasteiger partial charge in [-0.2, -0.15) is 0 Å². The molecule has 2 heterocycles. The second-order valence-corrected chi connectivity index (χ2v) is 7.39. The maximum atomic E-state index is 12.9. The molecular formula is C22H24N2O2. The minimum Gasteiger partial charge on any atom is -0.339 e. The molecule has 2 aliphatic heterocycles. The first kappa shape index (κ1) is 16.8. The van der Waals surface area contributed by atoms with E-state index in [-0.39, 0.29) is 11.8 Å². The lowest BCUT2D eigenvalue weighted by Crippen LogP contribution is -2.37. The Kier molecular flexibility index (Phi) is 4.49. The van der Waals surface area contributed by atoms with Crippen LogP contribution in [0, 0.1) is 5.92 Å². The summed E-state index contributed by atoms with van der Waals surface area (Å²) in [5.74, 6) is 0.769. The van der Waals surface area contributed by atoms with Crippen LogP contribution in [0.1, 0.15) is 46.0 Å². The lowest BCUT2D eigenvalue weighted by Gasteiger charge is -2.30. The van der Waals surface area contributed by atoms with Crippen molar-refractivity contribution in [3.63, 3.8) is 0 Å². The zero-order valence-electron chi connectivity index (χ0n) is 15.1. The fourth-order valence-electron chi connectivity index (χ4n) is 3.85. The molecule has 4 rings (SSSR count). The Hall–Kier alpha value is -2.62. The molecule has 0 unspecified atom stereocenters. The number of hydrogen-bond acceptors (Lipinski definition) is 2. The second kappa shape index (κ2) is 6.94. The maximum Gasteiger partial charge on any atom is 0.258 e. The van der Waals surface area contributed by atoms with E-state index in [9.17, 15) is 9.59 Å². The molecule has 0 bridgehead atoms. The van der Waals surface area contributed by atoms with Crippen LogP contribution in [0.15, 0.2) is 48.5 Å². The molecule has 0 aromatic heterocycles. The highest BCUT2D eigenvalue weighted by Gasteiger charge is 2.26. The summed E-state index contributed by atoms with van der Waals surface area (Å²) in [6, 6.07) is 15.2. The van der Waals surface area contributed by atoms with Crippen molar-refractivity contribution in [3.05, 3.63) is 65.2 Å². The van der Waals surface area contributed by atoms with E-state index < -0.39 is 0 Å². The van der Waals surface area contributed by atoms with Crippen LogP contribution in [-0.4, -0.2) is 36.3 Å². The Balaban J connectivity index is 1.48. The van der Waals surface area contributed by atoms with Gasteiger partial charge >= 0.3 is 0 Å². The molecule has 2 aromatic rings. The maximum absolute atomic E-state index is 12.9. The predicted octanol–water partition coefficient (Wildman–Crippen LogP) is 3.76. The van der Waals surface area contributed by atoms with E-state index in [1.807, 2.05) is 28.0 Å². The Bertz CT molecular complexity index is 820. The SMILES string of the molecule is CC1CCN(C(=O)c2ccc(C(=O)N3CCc4ccccc43)cc2)CC1. The molecule has 0 aliphatic carbocycles. The van der Waals surface area contributed by atoms with Crippen LogP contribution < -0.4 is 4.90 Å². The standard InChI is InChI=1S/C22H24N2O2/c1-16-10-13-23(14-11-16)21(25)18-6-8-19(9-7-18)22(26)24-15-12-17-4-2-3-5-20(17)24/h2-9,16H,10-15H2,1H3. The van der Waals surface area contributed by atoms with Gasteiger partial charge < -0.3 is 9.80 Å². The van der Waals surface area contributed by atoms with Gasteiger partial charge in [0.1, 0.15) is 0 Å². The fraction of sp³-hybridized carbons (Fsp3) is 0.364. The number of carbonyl (C=O) groups is 2. The van der Waals surface area contributed by atoms with Gasteiger partial charge in [-0.15, -0.1) is 0 Å². The molecule has 0 N–H and O–H groups in total. The second-order valence-electron chi connectivity index (χ2n) is 7.39. The van der Waals surface area contributed by atoms with Crippen molar-refractivity contribution in [2.45, 2.75) is 26.2 Å². The first-order valence-electron chi connectivity index (χ1n) is 9.42. The summed E-state index contributed by atoms with van der Waals surface area (Å²) in [5.41, 5.74) is 3.51. The number of hydrogen-bond donors (Lipinski definition) is 0. The molecule has 0 atom stereocenters. The molecule has 26 heavy (non-hydrogen) atoms. The molecule has 2 aliphatic rings. The average Bonchev–Trinajstić information content (AvgIpc) is 3.12. The number of likely N-dealkylation sites (tertiary alicyclic amines) is 1. The first-order valence-corrected chi connectivity index (χ1v) is 9.42. The summed E-state index contributed by atoms with van der Waals surface area (Å²) < 4.78 is 0. The number of nitrogens with zero attached hydrogens (tertiary/aromatic N) is 2. The Morgan fingerprint density at radius 2 is 1.46 bits per heavy atom. The Labute approximate surface area is 154 Å². The monoisotopic (exact) mass is 348 g/mol. The quantitative estimate of drug-likeness (QED) is 0.829. The van der Waals surface area contributed by atoms with Crippen LogP contribution in [0.2, 0.25) is 0 Å². The van der Waals surface area contributed by atoms with Crippen molar-refractivity contribution >= 4 is 17.5 Å². The minimum atomic E-state index is 0.000691. The molecule has 2 amide bonds. The summed E-state index contributed by atoms with van der Waals surface area (Å²) in [7, 11) is 0. The third kappa shape index (κ3) is 3.12. The van der Waals surface area contributed by atoms with Crippen LogP contribution in [0.5, 0.6) is 0 Å². The zero-order chi connectivity index (χ0) is 18.1. The highest BCUT2D eigenvalue weighted by atomic mass is 16.2. The molecule has 4 nitrogen and oxygen atoms in total. The van der Waals surface area contributed by atoms with E-state index >= 15 is 0 Å². The molecule has 0 saturated carbocycles. The Morgan fingerprint density at radius 1 is 0.846 bits per heavy atom. The van der Waals surface area contributed by atoms with Crippen LogP contribution in [0.3, 0.4) is 0 Å². The van der Waals surface area contributed by atoms with Crippen molar-refractivity contribution in [3.8, 4) is 0 Å². The van der Waals surface area contributed by atoms with Crippen molar-refractivity contribution in [2.24, 2.45) is 5.92 Å². The predicted molar refractivity (Wildman–Crippen MR) is 103 cm³/mol. The third-order valence-corrected chi connectivity index (χ3v) is 5.58. The number of carbonyl (C=O) groups excluding carboxylic acids is 2. The number of amides is 2. The van der Waals surface area contributed by atoms with E-state index in [1.165, 1.54) is 5.56 Å². The molecular weight excluding hydrogens is 324 g/mol. The van der Waals surface area contributed by atoms with Gasteiger partial charge in [-0.05, 0) is 61.1 Å². The summed E-state index contributed by atoms with van der Waals surface area (Å²) in [4.78, 5) is 29.3. The molecule has 4 heteroatoms. The highest BCUT2D eigenvalue weighted by Crippen LogP contribution is 2.29. The van der Waals surface area contributed by atoms with E-state index in [2.05, 4.69) is 13.0 Å². The van der Waals surface area contributed by atoms with Crippen molar-refractivity contribution < 1.29 is 9.59 Å².